The molecule has 1 heterocycles. The van der Waals surface area contributed by atoms with Crippen LogP contribution >= 0.6 is 11.8 Å². The van der Waals surface area contributed by atoms with E-state index in [2.05, 4.69) is 0 Å². The van der Waals surface area contributed by atoms with Gasteiger partial charge in [-0.1, -0.05) is 24.3 Å². The highest BCUT2D eigenvalue weighted by atomic mass is 32.2. The molecule has 0 bridgehead atoms. The van der Waals surface area contributed by atoms with Crippen molar-refractivity contribution in [2.75, 3.05) is 6.61 Å². The summed E-state index contributed by atoms with van der Waals surface area (Å²) in [5.74, 6) is -1.56. The van der Waals surface area contributed by atoms with Crippen LogP contribution in [0.25, 0.3) is 6.08 Å². The summed E-state index contributed by atoms with van der Waals surface area (Å²) in [5, 5.41) is 8.41. The maximum absolute atomic E-state index is 12.6. The van der Waals surface area contributed by atoms with E-state index >= 15 is 0 Å². The van der Waals surface area contributed by atoms with Crippen LogP contribution in [0, 0.1) is 0 Å². The smallest absolute Gasteiger partial charge is 0.335 e. The van der Waals surface area contributed by atoms with Gasteiger partial charge in [0.05, 0.1) is 17.1 Å². The van der Waals surface area contributed by atoms with E-state index in [0.29, 0.717) is 11.3 Å². The van der Waals surface area contributed by atoms with Crippen molar-refractivity contribution in [3.8, 4) is 5.75 Å². The Hall–Kier alpha value is -3.59. The Morgan fingerprint density at radius 1 is 1.09 bits per heavy atom. The first kappa shape index (κ1) is 23.1. The number of carboxylic acids is 1. The fraction of sp³-hybridized carbons (Fsp3) is 0.217. The Morgan fingerprint density at radius 3 is 2.34 bits per heavy atom. The van der Waals surface area contributed by atoms with Gasteiger partial charge in [0, 0.05) is 0 Å². The monoisotopic (exact) mass is 455 g/mol. The molecule has 1 N–H and O–H groups in total. The lowest BCUT2D eigenvalue weighted by atomic mass is 10.1. The number of hydrogen-bond acceptors (Lipinski definition) is 7. The highest BCUT2D eigenvalue weighted by Gasteiger charge is 2.41. The van der Waals surface area contributed by atoms with Gasteiger partial charge in [0.15, 0.2) is 0 Å². The molecular weight excluding hydrogens is 434 g/mol. The summed E-state index contributed by atoms with van der Waals surface area (Å²) in [6.45, 7) is 3.54. The summed E-state index contributed by atoms with van der Waals surface area (Å²) >= 11 is 0.773. The molecule has 1 saturated heterocycles. The van der Waals surface area contributed by atoms with Gasteiger partial charge in [0.2, 0.25) is 0 Å². The number of amides is 2. The third-order valence-corrected chi connectivity index (χ3v) is 5.51. The van der Waals surface area contributed by atoms with E-state index in [0.717, 1.165) is 22.2 Å². The van der Waals surface area contributed by atoms with E-state index in [1.54, 1.807) is 49.4 Å². The van der Waals surface area contributed by atoms with E-state index in [4.69, 9.17) is 14.6 Å². The fourth-order valence-corrected chi connectivity index (χ4v) is 3.81. The van der Waals surface area contributed by atoms with Gasteiger partial charge in [-0.3, -0.25) is 14.5 Å². The Morgan fingerprint density at radius 2 is 1.75 bits per heavy atom. The molecule has 2 amide bonds. The summed E-state index contributed by atoms with van der Waals surface area (Å²) in [7, 11) is 0. The minimum Gasteiger partial charge on any atom is -0.489 e. The van der Waals surface area contributed by atoms with E-state index in [9.17, 15) is 19.2 Å². The molecule has 9 heteroatoms. The zero-order valence-corrected chi connectivity index (χ0v) is 18.3. The Bertz CT molecular complexity index is 1060. The summed E-state index contributed by atoms with van der Waals surface area (Å²) in [4.78, 5) is 48.8. The quantitative estimate of drug-likeness (QED) is 0.471. The maximum Gasteiger partial charge on any atom is 0.335 e. The highest BCUT2D eigenvalue weighted by Crippen LogP contribution is 2.34. The van der Waals surface area contributed by atoms with Crippen molar-refractivity contribution >= 4 is 40.9 Å². The normalized spacial score (nSPS) is 15.7. The second-order valence-electron chi connectivity index (χ2n) is 6.84. The van der Waals surface area contributed by atoms with E-state index in [-0.39, 0.29) is 23.7 Å². The summed E-state index contributed by atoms with van der Waals surface area (Å²) in [6.07, 6.45) is 1.58. The third-order valence-electron chi connectivity index (χ3n) is 4.62. The van der Waals surface area contributed by atoms with Gasteiger partial charge in [0.1, 0.15) is 18.4 Å². The van der Waals surface area contributed by atoms with Crippen LogP contribution in [0.15, 0.2) is 53.4 Å². The first-order valence-corrected chi connectivity index (χ1v) is 10.6. The van der Waals surface area contributed by atoms with Gasteiger partial charge < -0.3 is 14.6 Å². The SMILES string of the molecule is CCOC(=O)[C@H](C)N1C(=O)S/C(=C/c2ccc(OCc3ccc(C(=O)O)cc3)cc2)C1=O. The number of carbonyl (C=O) groups is 4. The number of rotatable bonds is 8. The molecule has 8 nitrogen and oxygen atoms in total. The molecule has 0 radical (unpaired) electrons. The molecule has 0 spiro atoms. The summed E-state index contributed by atoms with van der Waals surface area (Å²) in [6, 6.07) is 12.3. The molecule has 0 unspecified atom stereocenters. The van der Waals surface area contributed by atoms with E-state index in [1.165, 1.54) is 19.1 Å². The lowest BCUT2D eigenvalue weighted by Crippen LogP contribution is -2.42. The zero-order chi connectivity index (χ0) is 23.3. The molecule has 1 aliphatic heterocycles. The number of ether oxygens (including phenoxy) is 2. The Kier molecular flexibility index (Phi) is 7.32. The first-order valence-electron chi connectivity index (χ1n) is 9.79. The van der Waals surface area contributed by atoms with Gasteiger partial charge in [0.25, 0.3) is 11.1 Å². The molecular formula is C23H21NO7S. The van der Waals surface area contributed by atoms with Crippen LogP contribution in [0.2, 0.25) is 0 Å². The molecule has 1 atom stereocenters. The van der Waals surface area contributed by atoms with Crippen molar-refractivity contribution in [2.45, 2.75) is 26.5 Å². The number of esters is 1. The van der Waals surface area contributed by atoms with Crippen molar-refractivity contribution in [3.63, 3.8) is 0 Å². The molecule has 1 aliphatic rings. The Balaban J connectivity index is 1.63. The summed E-state index contributed by atoms with van der Waals surface area (Å²) < 4.78 is 10.6. The third kappa shape index (κ3) is 5.36. The second kappa shape index (κ2) is 10.1. The predicted octanol–water partition coefficient (Wildman–Crippen LogP) is 3.95. The standard InChI is InChI=1S/C23H21NO7S/c1-3-30-22(28)14(2)24-20(25)19(32-23(24)29)12-15-6-10-18(11-7-15)31-13-16-4-8-17(9-5-16)21(26)27/h4-12,14H,3,13H2,1-2H3,(H,26,27)/b19-12+/t14-/m0/s1. The first-order chi connectivity index (χ1) is 15.3. The average molecular weight is 455 g/mol. The van der Waals surface area contributed by atoms with Gasteiger partial charge in [-0.25, -0.2) is 9.59 Å². The molecule has 1 fully saturated rings. The number of thioether (sulfide) groups is 1. The van der Waals surface area contributed by atoms with Crippen LogP contribution < -0.4 is 4.74 Å². The lowest BCUT2D eigenvalue weighted by Gasteiger charge is -2.19. The number of imide groups is 1. The molecule has 3 rings (SSSR count). The van der Waals surface area contributed by atoms with Gasteiger partial charge >= 0.3 is 11.9 Å². The molecule has 2 aromatic rings. The van der Waals surface area contributed by atoms with Crippen LogP contribution in [-0.2, 0) is 20.9 Å². The zero-order valence-electron chi connectivity index (χ0n) is 17.4. The molecule has 32 heavy (non-hydrogen) atoms. The van der Waals surface area contributed by atoms with Gasteiger partial charge in [-0.05, 0) is 67.1 Å². The minimum atomic E-state index is -0.992. The molecule has 0 aromatic heterocycles. The number of aromatic carboxylic acids is 1. The lowest BCUT2D eigenvalue weighted by molar-refractivity contribution is -0.150. The van der Waals surface area contributed by atoms with Crippen LogP contribution in [0.3, 0.4) is 0 Å². The number of nitrogens with zero attached hydrogens (tertiary/aromatic N) is 1. The van der Waals surface area contributed by atoms with Crippen molar-refractivity contribution < 1.29 is 33.8 Å². The van der Waals surface area contributed by atoms with Gasteiger partial charge in [-0.15, -0.1) is 0 Å². The average Bonchev–Trinajstić information content (AvgIpc) is 3.05. The van der Waals surface area contributed by atoms with Gasteiger partial charge in [-0.2, -0.15) is 0 Å². The van der Waals surface area contributed by atoms with Crippen molar-refractivity contribution in [2.24, 2.45) is 0 Å². The maximum atomic E-state index is 12.6. The second-order valence-corrected chi connectivity index (χ2v) is 7.83. The largest absolute Gasteiger partial charge is 0.489 e. The number of benzene rings is 2. The molecule has 0 saturated carbocycles. The molecule has 0 aliphatic carbocycles. The predicted molar refractivity (Wildman–Crippen MR) is 118 cm³/mol. The fourth-order valence-electron chi connectivity index (χ4n) is 2.90. The molecule has 166 valence electrons. The van der Waals surface area contributed by atoms with E-state index < -0.39 is 29.1 Å². The number of carbonyl (C=O) groups excluding carboxylic acids is 3. The van der Waals surface area contributed by atoms with Crippen LogP contribution in [0.5, 0.6) is 5.75 Å². The minimum absolute atomic E-state index is 0.164. The van der Waals surface area contributed by atoms with Crippen LogP contribution in [0.1, 0.15) is 35.3 Å². The topological polar surface area (TPSA) is 110 Å². The molecule has 2 aromatic carbocycles. The van der Waals surface area contributed by atoms with Crippen LogP contribution in [-0.4, -0.2) is 45.7 Å². The van der Waals surface area contributed by atoms with Crippen molar-refractivity contribution in [3.05, 3.63) is 70.1 Å². The van der Waals surface area contributed by atoms with Crippen molar-refractivity contribution in [1.29, 1.82) is 0 Å². The number of carboxylic acid groups (broad SMARTS) is 1. The van der Waals surface area contributed by atoms with Crippen LogP contribution in [0.4, 0.5) is 4.79 Å². The van der Waals surface area contributed by atoms with Crippen molar-refractivity contribution in [1.82, 2.24) is 4.90 Å². The number of hydrogen-bond donors (Lipinski definition) is 1. The van der Waals surface area contributed by atoms with E-state index in [1.807, 2.05) is 0 Å². The summed E-state index contributed by atoms with van der Waals surface area (Å²) in [5.41, 5.74) is 1.72. The highest BCUT2D eigenvalue weighted by molar-refractivity contribution is 8.18. The Labute approximate surface area is 188 Å².